The summed E-state index contributed by atoms with van der Waals surface area (Å²) in [6.07, 6.45) is 1.87. The molecule has 118 valence electrons. The molecule has 1 amide bonds. The topological polar surface area (TPSA) is 88.8 Å². The lowest BCUT2D eigenvalue weighted by Gasteiger charge is -2.24. The number of aliphatic carboxylic acids is 1. The fourth-order valence-corrected chi connectivity index (χ4v) is 2.15. The van der Waals surface area contributed by atoms with Gasteiger partial charge in [-0.25, -0.2) is 4.79 Å². The van der Waals surface area contributed by atoms with Gasteiger partial charge < -0.3 is 19.6 Å². The molecule has 22 heavy (non-hydrogen) atoms. The van der Waals surface area contributed by atoms with Crippen LogP contribution in [0.5, 0.6) is 5.75 Å². The van der Waals surface area contributed by atoms with Crippen molar-refractivity contribution in [3.05, 3.63) is 30.0 Å². The minimum atomic E-state index is -1.26. The highest BCUT2D eigenvalue weighted by atomic mass is 16.5. The van der Waals surface area contributed by atoms with Gasteiger partial charge >= 0.3 is 5.97 Å². The number of ether oxygens (including phenoxy) is 1. The van der Waals surface area contributed by atoms with Crippen LogP contribution in [0.4, 0.5) is 0 Å². The first-order valence-electron chi connectivity index (χ1n) is 6.98. The molecule has 1 atom stereocenters. The van der Waals surface area contributed by atoms with Crippen molar-refractivity contribution in [2.75, 3.05) is 7.11 Å². The van der Waals surface area contributed by atoms with E-state index in [9.17, 15) is 14.7 Å². The standard InChI is InChI=1S/C16H19NO5/c1-4-16(2,15(19)20)17-14(18)7-10-9-22-13-8-11(21-3)5-6-12(10)13/h5-6,8-9H,4,7H2,1-3H3,(H,17,18)(H,19,20). The lowest BCUT2D eigenvalue weighted by molar-refractivity contribution is -0.146. The Bertz CT molecular complexity index is 706. The average Bonchev–Trinajstić information content (AvgIpc) is 2.88. The van der Waals surface area contributed by atoms with Gasteiger partial charge in [-0.15, -0.1) is 0 Å². The number of methoxy groups -OCH3 is 1. The van der Waals surface area contributed by atoms with Gasteiger partial charge in [0.1, 0.15) is 16.9 Å². The summed E-state index contributed by atoms with van der Waals surface area (Å²) >= 11 is 0. The van der Waals surface area contributed by atoms with Gasteiger partial charge in [0.05, 0.1) is 19.8 Å². The second-order valence-corrected chi connectivity index (χ2v) is 5.34. The Balaban J connectivity index is 2.17. The lowest BCUT2D eigenvalue weighted by Crippen LogP contribution is -2.52. The van der Waals surface area contributed by atoms with Crippen molar-refractivity contribution in [2.45, 2.75) is 32.2 Å². The number of carboxylic acid groups (broad SMARTS) is 1. The monoisotopic (exact) mass is 305 g/mol. The number of benzene rings is 1. The Morgan fingerprint density at radius 1 is 1.41 bits per heavy atom. The SMILES string of the molecule is CCC(C)(NC(=O)Cc1coc2cc(OC)ccc12)C(=O)O. The van der Waals surface area contributed by atoms with Gasteiger partial charge in [0.25, 0.3) is 0 Å². The predicted molar refractivity (Wildman–Crippen MR) is 80.9 cm³/mol. The number of carbonyl (C=O) groups is 2. The molecule has 0 fully saturated rings. The first-order chi connectivity index (χ1) is 10.4. The molecule has 1 aromatic heterocycles. The molecule has 6 nitrogen and oxygen atoms in total. The third kappa shape index (κ3) is 3.05. The highest BCUT2D eigenvalue weighted by Crippen LogP contribution is 2.26. The molecule has 2 rings (SSSR count). The van der Waals surface area contributed by atoms with Gasteiger partial charge in [-0.2, -0.15) is 0 Å². The third-order valence-corrected chi connectivity index (χ3v) is 3.81. The van der Waals surface area contributed by atoms with E-state index >= 15 is 0 Å². The van der Waals surface area contributed by atoms with E-state index in [0.717, 1.165) is 5.39 Å². The molecule has 2 aromatic rings. The van der Waals surface area contributed by atoms with Crippen LogP contribution < -0.4 is 10.1 Å². The maximum Gasteiger partial charge on any atom is 0.329 e. The molecule has 1 aromatic carbocycles. The molecule has 0 aliphatic heterocycles. The van der Waals surface area contributed by atoms with Crippen LogP contribution >= 0.6 is 0 Å². The van der Waals surface area contributed by atoms with Gasteiger partial charge in [-0.3, -0.25) is 4.79 Å². The van der Waals surface area contributed by atoms with Crippen LogP contribution in [0, 0.1) is 0 Å². The van der Waals surface area contributed by atoms with E-state index < -0.39 is 11.5 Å². The predicted octanol–water partition coefficient (Wildman–Crippen LogP) is 2.35. The van der Waals surface area contributed by atoms with Crippen LogP contribution in [0.3, 0.4) is 0 Å². The Morgan fingerprint density at radius 3 is 2.73 bits per heavy atom. The molecular weight excluding hydrogens is 286 g/mol. The highest BCUT2D eigenvalue weighted by Gasteiger charge is 2.32. The number of furan rings is 1. The summed E-state index contributed by atoms with van der Waals surface area (Å²) in [7, 11) is 1.57. The van der Waals surface area contributed by atoms with Crippen molar-refractivity contribution in [3.8, 4) is 5.75 Å². The van der Waals surface area contributed by atoms with Gasteiger partial charge in [0.2, 0.25) is 5.91 Å². The molecule has 0 bridgehead atoms. The van der Waals surface area contributed by atoms with Crippen molar-refractivity contribution in [2.24, 2.45) is 0 Å². The first kappa shape index (κ1) is 15.9. The Labute approximate surface area is 128 Å². The summed E-state index contributed by atoms with van der Waals surface area (Å²) in [5.41, 5.74) is 0.0671. The number of nitrogens with one attached hydrogen (secondary N) is 1. The summed E-state index contributed by atoms with van der Waals surface area (Å²) < 4.78 is 10.5. The summed E-state index contributed by atoms with van der Waals surface area (Å²) in [5, 5.41) is 12.6. The molecule has 1 heterocycles. The Morgan fingerprint density at radius 2 is 2.14 bits per heavy atom. The van der Waals surface area contributed by atoms with Gasteiger partial charge in [-0.05, 0) is 25.5 Å². The second-order valence-electron chi connectivity index (χ2n) is 5.34. The van der Waals surface area contributed by atoms with Gasteiger partial charge in [0, 0.05) is 17.0 Å². The van der Waals surface area contributed by atoms with E-state index in [2.05, 4.69) is 5.32 Å². The molecule has 0 saturated carbocycles. The second kappa shape index (κ2) is 6.09. The van der Waals surface area contributed by atoms with Crippen molar-refractivity contribution < 1.29 is 23.8 Å². The molecule has 0 saturated heterocycles. The van der Waals surface area contributed by atoms with Crippen molar-refractivity contribution in [1.82, 2.24) is 5.32 Å². The Kier molecular flexibility index (Phi) is 4.40. The molecule has 6 heteroatoms. The van der Waals surface area contributed by atoms with Crippen molar-refractivity contribution >= 4 is 22.8 Å². The van der Waals surface area contributed by atoms with E-state index in [4.69, 9.17) is 9.15 Å². The van der Waals surface area contributed by atoms with Crippen LogP contribution in [0.25, 0.3) is 11.0 Å². The number of rotatable bonds is 6. The minimum Gasteiger partial charge on any atom is -0.497 e. The number of amides is 1. The molecule has 0 spiro atoms. The molecule has 0 radical (unpaired) electrons. The van der Waals surface area contributed by atoms with Crippen LogP contribution in [0.15, 0.2) is 28.9 Å². The van der Waals surface area contributed by atoms with Crippen molar-refractivity contribution in [1.29, 1.82) is 0 Å². The maximum atomic E-state index is 12.1. The maximum absolute atomic E-state index is 12.1. The normalized spacial score (nSPS) is 13.6. The number of carbonyl (C=O) groups excluding carboxylic acids is 1. The smallest absolute Gasteiger partial charge is 0.329 e. The number of hydrogen-bond donors (Lipinski definition) is 2. The number of fused-ring (bicyclic) bond motifs is 1. The highest BCUT2D eigenvalue weighted by molar-refractivity contribution is 5.91. The summed E-state index contributed by atoms with van der Waals surface area (Å²) in [6, 6.07) is 5.34. The van der Waals surface area contributed by atoms with Crippen LogP contribution in [-0.2, 0) is 16.0 Å². The minimum absolute atomic E-state index is 0.0577. The third-order valence-electron chi connectivity index (χ3n) is 3.81. The van der Waals surface area contributed by atoms with Crippen molar-refractivity contribution in [3.63, 3.8) is 0 Å². The van der Waals surface area contributed by atoms with Crippen LogP contribution in [0.2, 0.25) is 0 Å². The summed E-state index contributed by atoms with van der Waals surface area (Å²) in [6.45, 7) is 3.21. The van der Waals surface area contributed by atoms with Crippen LogP contribution in [0.1, 0.15) is 25.8 Å². The zero-order valence-corrected chi connectivity index (χ0v) is 12.8. The summed E-state index contributed by atoms with van der Waals surface area (Å²) in [5.74, 6) is -0.738. The van der Waals surface area contributed by atoms with Crippen LogP contribution in [-0.4, -0.2) is 29.6 Å². The van der Waals surface area contributed by atoms with E-state index in [0.29, 0.717) is 23.3 Å². The molecular formula is C16H19NO5. The molecule has 0 aliphatic rings. The number of carboxylic acids is 1. The molecule has 1 unspecified atom stereocenters. The summed E-state index contributed by atoms with van der Waals surface area (Å²) in [4.78, 5) is 23.3. The Hall–Kier alpha value is -2.50. The lowest BCUT2D eigenvalue weighted by atomic mass is 9.98. The zero-order valence-electron chi connectivity index (χ0n) is 12.8. The van der Waals surface area contributed by atoms with Gasteiger partial charge in [-0.1, -0.05) is 6.92 Å². The average molecular weight is 305 g/mol. The first-order valence-corrected chi connectivity index (χ1v) is 6.98. The largest absolute Gasteiger partial charge is 0.497 e. The molecule has 0 aliphatic carbocycles. The van der Waals surface area contributed by atoms with Gasteiger partial charge in [0.15, 0.2) is 0 Å². The number of hydrogen-bond acceptors (Lipinski definition) is 4. The van der Waals surface area contributed by atoms with E-state index in [1.807, 2.05) is 6.07 Å². The van der Waals surface area contributed by atoms with E-state index in [1.54, 1.807) is 26.2 Å². The van der Waals surface area contributed by atoms with E-state index in [-0.39, 0.29) is 12.3 Å². The molecule has 2 N–H and O–H groups in total. The fraction of sp³-hybridized carbons (Fsp3) is 0.375. The quantitative estimate of drug-likeness (QED) is 0.855. The van der Waals surface area contributed by atoms with E-state index in [1.165, 1.54) is 13.2 Å². The fourth-order valence-electron chi connectivity index (χ4n) is 2.15. The zero-order chi connectivity index (χ0) is 16.3.